The summed E-state index contributed by atoms with van der Waals surface area (Å²) in [6, 6.07) is 61.7. The van der Waals surface area contributed by atoms with Gasteiger partial charge in [0.05, 0.1) is 39.0 Å². The van der Waals surface area contributed by atoms with Crippen LogP contribution in [0, 0.1) is 0 Å². The van der Waals surface area contributed by atoms with Gasteiger partial charge in [-0.25, -0.2) is 9.97 Å². The van der Waals surface area contributed by atoms with Crippen LogP contribution in [0.15, 0.2) is 170 Å². The van der Waals surface area contributed by atoms with E-state index in [-0.39, 0.29) is 0 Å². The van der Waals surface area contributed by atoms with Crippen molar-refractivity contribution in [2.24, 2.45) is 0 Å². The second-order valence-electron chi connectivity index (χ2n) is 14.5. The molecule has 1 aliphatic rings. The summed E-state index contributed by atoms with van der Waals surface area (Å²) in [5.74, 6) is 0.663. The fraction of sp³-hybridized carbons (Fsp3) is 0. The summed E-state index contributed by atoms with van der Waals surface area (Å²) in [7, 11) is 0. The zero-order chi connectivity index (χ0) is 35.8. The summed E-state index contributed by atoms with van der Waals surface area (Å²) in [6.45, 7) is 0. The number of hydrogen-bond acceptors (Lipinski definition) is 3. The first-order valence-corrected chi connectivity index (χ1v) is 19.5. The molecule has 0 aliphatic carbocycles. The molecular formula is C50H28N4S. The van der Waals surface area contributed by atoms with Crippen molar-refractivity contribution in [3.05, 3.63) is 170 Å². The van der Waals surface area contributed by atoms with Gasteiger partial charge >= 0.3 is 0 Å². The summed E-state index contributed by atoms with van der Waals surface area (Å²) >= 11 is 1.84. The smallest absolute Gasteiger partial charge is 0.235 e. The van der Waals surface area contributed by atoms with E-state index >= 15 is 0 Å². The number of para-hydroxylation sites is 4. The lowest BCUT2D eigenvalue weighted by Crippen LogP contribution is -2.03. The van der Waals surface area contributed by atoms with Crippen LogP contribution in [0.25, 0.3) is 120 Å². The molecule has 0 radical (unpaired) electrons. The van der Waals surface area contributed by atoms with E-state index < -0.39 is 0 Å². The van der Waals surface area contributed by atoms with Crippen molar-refractivity contribution in [2.75, 3.05) is 0 Å². The third-order valence-electron chi connectivity index (χ3n) is 11.7. The SMILES string of the molecule is c1ccc2c(c1)-c1ccccc1-n1c3ccccc3c3cc4c(c-2c31)c1ccccc1n4-c1nc(-c2ccc3sc4ccccc4c3c2)c2ccccc2n1. The molecule has 254 valence electrons. The molecule has 1 aliphatic heterocycles. The van der Waals surface area contributed by atoms with Crippen LogP contribution in [0.1, 0.15) is 0 Å². The summed E-state index contributed by atoms with van der Waals surface area (Å²) in [5.41, 5.74) is 13.6. The first-order chi connectivity index (χ1) is 27.3. The Bertz CT molecular complexity index is 3620. The molecule has 55 heavy (non-hydrogen) atoms. The lowest BCUT2D eigenvalue weighted by atomic mass is 9.91. The lowest BCUT2D eigenvalue weighted by Gasteiger charge is -2.13. The molecule has 0 saturated heterocycles. The van der Waals surface area contributed by atoms with Crippen molar-refractivity contribution in [1.29, 1.82) is 0 Å². The predicted octanol–water partition coefficient (Wildman–Crippen LogP) is 13.5. The molecule has 8 aromatic carbocycles. The zero-order valence-corrected chi connectivity index (χ0v) is 30.2. The highest BCUT2D eigenvalue weighted by Crippen LogP contribution is 2.51. The van der Waals surface area contributed by atoms with E-state index in [1.54, 1.807) is 0 Å². The highest BCUT2D eigenvalue weighted by Gasteiger charge is 2.29. The van der Waals surface area contributed by atoms with E-state index in [0.29, 0.717) is 5.95 Å². The molecule has 5 heteroatoms. The maximum atomic E-state index is 5.55. The van der Waals surface area contributed by atoms with Crippen LogP contribution in [0.2, 0.25) is 0 Å². The fourth-order valence-corrected chi connectivity index (χ4v) is 10.5. The molecule has 5 heterocycles. The van der Waals surface area contributed by atoms with Gasteiger partial charge in [-0.3, -0.25) is 4.57 Å². The summed E-state index contributed by atoms with van der Waals surface area (Å²) in [4.78, 5) is 10.9. The Hall–Kier alpha value is -7.08. The minimum absolute atomic E-state index is 0.663. The van der Waals surface area contributed by atoms with Gasteiger partial charge in [0.25, 0.3) is 0 Å². The lowest BCUT2D eigenvalue weighted by molar-refractivity contribution is 1.01. The quantitative estimate of drug-likeness (QED) is 0.179. The van der Waals surface area contributed by atoms with E-state index in [1.807, 2.05) is 11.3 Å². The number of rotatable bonds is 2. The van der Waals surface area contributed by atoms with Crippen molar-refractivity contribution < 1.29 is 0 Å². The van der Waals surface area contributed by atoms with E-state index in [9.17, 15) is 0 Å². The largest absolute Gasteiger partial charge is 0.308 e. The van der Waals surface area contributed by atoms with Gasteiger partial charge in [0, 0.05) is 63.8 Å². The third kappa shape index (κ3) is 3.89. The van der Waals surface area contributed by atoms with Crippen LogP contribution >= 0.6 is 11.3 Å². The summed E-state index contributed by atoms with van der Waals surface area (Å²) in [6.07, 6.45) is 0. The van der Waals surface area contributed by atoms with Gasteiger partial charge in [0.1, 0.15) is 0 Å². The topological polar surface area (TPSA) is 35.6 Å². The van der Waals surface area contributed by atoms with Gasteiger partial charge in [-0.05, 0) is 59.7 Å². The molecule has 0 N–H and O–H groups in total. The van der Waals surface area contributed by atoms with Gasteiger partial charge in [0.15, 0.2) is 0 Å². The van der Waals surface area contributed by atoms with Gasteiger partial charge in [-0.15, -0.1) is 11.3 Å². The molecule has 4 nitrogen and oxygen atoms in total. The van der Waals surface area contributed by atoms with Crippen LogP contribution in [-0.2, 0) is 0 Å². The average Bonchev–Trinajstić information content (AvgIpc) is 3.87. The summed E-state index contributed by atoms with van der Waals surface area (Å²) in [5, 5.41) is 8.39. The maximum absolute atomic E-state index is 5.55. The van der Waals surface area contributed by atoms with Gasteiger partial charge < -0.3 is 4.57 Å². The van der Waals surface area contributed by atoms with Gasteiger partial charge in [-0.1, -0.05) is 121 Å². The minimum atomic E-state index is 0.663. The molecule has 0 amide bonds. The van der Waals surface area contributed by atoms with Crippen molar-refractivity contribution in [2.45, 2.75) is 0 Å². The first-order valence-electron chi connectivity index (χ1n) is 18.7. The molecule has 13 rings (SSSR count). The Labute approximate surface area is 318 Å². The maximum Gasteiger partial charge on any atom is 0.235 e. The molecule has 0 saturated carbocycles. The zero-order valence-electron chi connectivity index (χ0n) is 29.4. The molecule has 0 fully saturated rings. The number of aromatic nitrogens is 4. The Kier molecular flexibility index (Phi) is 5.74. The molecule has 0 atom stereocenters. The van der Waals surface area contributed by atoms with E-state index in [2.05, 4.69) is 179 Å². The third-order valence-corrected chi connectivity index (χ3v) is 12.8. The minimum Gasteiger partial charge on any atom is -0.308 e. The first kappa shape index (κ1) is 29.4. The van der Waals surface area contributed by atoms with Crippen LogP contribution < -0.4 is 0 Å². The highest BCUT2D eigenvalue weighted by molar-refractivity contribution is 7.25. The van der Waals surface area contributed by atoms with E-state index in [4.69, 9.17) is 9.97 Å². The number of fused-ring (bicyclic) bond motifs is 16. The molecule has 12 aromatic rings. The second kappa shape index (κ2) is 10.8. The van der Waals surface area contributed by atoms with Crippen molar-refractivity contribution in [1.82, 2.24) is 19.1 Å². The molecular weight excluding hydrogens is 689 g/mol. The van der Waals surface area contributed by atoms with E-state index in [0.717, 1.165) is 33.2 Å². The Morgan fingerprint density at radius 3 is 1.95 bits per heavy atom. The molecule has 0 unspecified atom stereocenters. The van der Waals surface area contributed by atoms with Gasteiger partial charge in [0.2, 0.25) is 5.95 Å². The molecule has 4 aromatic heterocycles. The van der Waals surface area contributed by atoms with Crippen LogP contribution in [0.4, 0.5) is 0 Å². The van der Waals surface area contributed by atoms with E-state index in [1.165, 1.54) is 80.7 Å². The van der Waals surface area contributed by atoms with Crippen LogP contribution in [-0.4, -0.2) is 19.1 Å². The van der Waals surface area contributed by atoms with Crippen LogP contribution in [0.3, 0.4) is 0 Å². The number of benzene rings is 8. The standard InChI is InChI=1S/C50H28N4S/c1-2-17-34-30(13-1)31-14-4-9-21-40(31)53-41-22-10-5-15-32(41)38-28-43-46(47(34)49(38)53)36-19-6-11-23-42(36)54(43)50-51-39-20-8-3-18-35(39)48(52-50)29-25-26-45-37(27-29)33-16-7-12-24-44(33)55-45/h1-28H. The molecule has 0 bridgehead atoms. The number of nitrogens with zero attached hydrogens (tertiary/aromatic N) is 4. The highest BCUT2D eigenvalue weighted by atomic mass is 32.1. The molecule has 0 spiro atoms. The van der Waals surface area contributed by atoms with Crippen molar-refractivity contribution in [3.8, 4) is 45.1 Å². The second-order valence-corrected chi connectivity index (χ2v) is 15.6. The summed E-state index contributed by atoms with van der Waals surface area (Å²) < 4.78 is 7.38. The number of thiophene rings is 1. The van der Waals surface area contributed by atoms with Crippen molar-refractivity contribution in [3.63, 3.8) is 0 Å². The number of hydrogen-bond donors (Lipinski definition) is 0. The monoisotopic (exact) mass is 716 g/mol. The van der Waals surface area contributed by atoms with Gasteiger partial charge in [-0.2, -0.15) is 0 Å². The normalized spacial score (nSPS) is 12.4. The fourth-order valence-electron chi connectivity index (χ4n) is 9.39. The Morgan fingerprint density at radius 1 is 0.418 bits per heavy atom. The predicted molar refractivity (Wildman–Crippen MR) is 231 cm³/mol. The van der Waals surface area contributed by atoms with Crippen LogP contribution in [0.5, 0.6) is 0 Å². The van der Waals surface area contributed by atoms with Crippen molar-refractivity contribution >= 4 is 86.0 Å². The Balaban J connectivity index is 1.19. The Morgan fingerprint density at radius 2 is 1.07 bits per heavy atom. The average molecular weight is 717 g/mol.